The Morgan fingerprint density at radius 1 is 1.53 bits per heavy atom. The van der Waals surface area contributed by atoms with Crippen LogP contribution in [0.25, 0.3) is 0 Å². The average molecular weight is 239 g/mol. The third-order valence-electron chi connectivity index (χ3n) is 2.63. The fraction of sp³-hybridized carbons (Fsp3) is 0.417. The van der Waals surface area contributed by atoms with Crippen LogP contribution in [0, 0.1) is 11.2 Å². The number of hydrogen-bond acceptors (Lipinski definition) is 3. The number of hydrogen-bond donors (Lipinski definition) is 2. The lowest BCUT2D eigenvalue weighted by atomic mass is 9.92. The summed E-state index contributed by atoms with van der Waals surface area (Å²) in [5.41, 5.74) is 2.22. The smallest absolute Gasteiger partial charge is 0.241 e. The maximum absolute atomic E-state index is 13.1. The third-order valence-corrected chi connectivity index (χ3v) is 2.63. The van der Waals surface area contributed by atoms with Crippen molar-refractivity contribution in [2.24, 2.45) is 11.3 Å². The number of hydrazine groups is 1. The van der Waals surface area contributed by atoms with E-state index in [1.807, 2.05) is 4.90 Å². The molecule has 0 fully saturated rings. The standard InChI is InChI=1S/C12H18FN3O/c1-12(2,11(17)15-14)8-16(3)10-6-4-5-9(13)7-10/h4-7H,8,14H2,1-3H3,(H,15,17). The second kappa shape index (κ2) is 5.14. The zero-order valence-electron chi connectivity index (χ0n) is 10.3. The van der Waals surface area contributed by atoms with E-state index in [2.05, 4.69) is 5.43 Å². The van der Waals surface area contributed by atoms with Gasteiger partial charge in [0.25, 0.3) is 0 Å². The van der Waals surface area contributed by atoms with Crippen molar-refractivity contribution in [1.82, 2.24) is 5.43 Å². The first-order valence-electron chi connectivity index (χ1n) is 5.34. The number of carbonyl (C=O) groups excluding carboxylic acids is 1. The van der Waals surface area contributed by atoms with Crippen LogP contribution in [0.5, 0.6) is 0 Å². The molecule has 0 atom stereocenters. The van der Waals surface area contributed by atoms with E-state index in [4.69, 9.17) is 5.84 Å². The molecule has 0 saturated heterocycles. The molecule has 0 aliphatic heterocycles. The minimum Gasteiger partial charge on any atom is -0.373 e. The van der Waals surface area contributed by atoms with Crippen LogP contribution < -0.4 is 16.2 Å². The summed E-state index contributed by atoms with van der Waals surface area (Å²) in [5.74, 6) is 4.57. The lowest BCUT2D eigenvalue weighted by Crippen LogP contribution is -2.46. The molecule has 0 heterocycles. The fourth-order valence-electron chi connectivity index (χ4n) is 1.66. The molecule has 17 heavy (non-hydrogen) atoms. The number of nitrogens with zero attached hydrogens (tertiary/aromatic N) is 1. The van der Waals surface area contributed by atoms with Crippen LogP contribution in [0.1, 0.15) is 13.8 Å². The van der Waals surface area contributed by atoms with Gasteiger partial charge in [0.05, 0.1) is 5.41 Å². The first-order chi connectivity index (χ1) is 7.86. The van der Waals surface area contributed by atoms with Gasteiger partial charge in [0.2, 0.25) is 5.91 Å². The van der Waals surface area contributed by atoms with Crippen LogP contribution in [0.4, 0.5) is 10.1 Å². The number of nitrogens with one attached hydrogen (secondary N) is 1. The molecule has 0 aliphatic carbocycles. The van der Waals surface area contributed by atoms with Gasteiger partial charge in [-0.25, -0.2) is 10.2 Å². The van der Waals surface area contributed by atoms with Crippen molar-refractivity contribution in [2.75, 3.05) is 18.5 Å². The maximum atomic E-state index is 13.1. The number of amides is 1. The molecule has 0 aliphatic rings. The Morgan fingerprint density at radius 2 is 2.18 bits per heavy atom. The number of anilines is 1. The van der Waals surface area contributed by atoms with Gasteiger partial charge >= 0.3 is 0 Å². The monoisotopic (exact) mass is 239 g/mol. The Labute approximate surface area is 101 Å². The maximum Gasteiger partial charge on any atom is 0.241 e. The van der Waals surface area contributed by atoms with Crippen molar-refractivity contribution < 1.29 is 9.18 Å². The highest BCUT2D eigenvalue weighted by molar-refractivity contribution is 5.81. The van der Waals surface area contributed by atoms with Gasteiger partial charge in [0, 0.05) is 19.3 Å². The summed E-state index contributed by atoms with van der Waals surface area (Å²) in [6.45, 7) is 4.01. The van der Waals surface area contributed by atoms with Crippen molar-refractivity contribution in [2.45, 2.75) is 13.8 Å². The second-order valence-electron chi connectivity index (χ2n) is 4.69. The molecule has 0 radical (unpaired) electrons. The number of rotatable bonds is 4. The molecule has 0 aromatic heterocycles. The molecular weight excluding hydrogens is 221 g/mol. The van der Waals surface area contributed by atoms with Crippen molar-refractivity contribution in [1.29, 1.82) is 0 Å². The van der Waals surface area contributed by atoms with E-state index in [0.29, 0.717) is 6.54 Å². The molecule has 3 N–H and O–H groups in total. The number of carbonyl (C=O) groups is 1. The van der Waals surface area contributed by atoms with Crippen LogP contribution >= 0.6 is 0 Å². The van der Waals surface area contributed by atoms with Gasteiger partial charge in [0.1, 0.15) is 5.82 Å². The Balaban J connectivity index is 2.79. The molecule has 94 valence electrons. The van der Waals surface area contributed by atoms with Gasteiger partial charge in [-0.05, 0) is 32.0 Å². The zero-order chi connectivity index (χ0) is 13.1. The molecule has 4 nitrogen and oxygen atoms in total. The van der Waals surface area contributed by atoms with Crippen LogP contribution in [-0.4, -0.2) is 19.5 Å². The molecule has 1 rings (SSSR count). The predicted molar refractivity (Wildman–Crippen MR) is 65.8 cm³/mol. The largest absolute Gasteiger partial charge is 0.373 e. The number of benzene rings is 1. The van der Waals surface area contributed by atoms with E-state index in [-0.39, 0.29) is 11.7 Å². The molecule has 0 bridgehead atoms. The van der Waals surface area contributed by atoms with Gasteiger partial charge in [-0.3, -0.25) is 10.2 Å². The summed E-state index contributed by atoms with van der Waals surface area (Å²) in [7, 11) is 1.81. The molecule has 0 unspecified atom stereocenters. The fourth-order valence-corrected chi connectivity index (χ4v) is 1.66. The van der Waals surface area contributed by atoms with Crippen LogP contribution in [-0.2, 0) is 4.79 Å². The average Bonchev–Trinajstić information content (AvgIpc) is 2.27. The van der Waals surface area contributed by atoms with E-state index in [1.54, 1.807) is 33.0 Å². The van der Waals surface area contributed by atoms with E-state index in [1.165, 1.54) is 12.1 Å². The topological polar surface area (TPSA) is 58.4 Å². The van der Waals surface area contributed by atoms with Crippen molar-refractivity contribution in [3.05, 3.63) is 30.1 Å². The molecule has 1 aromatic carbocycles. The van der Waals surface area contributed by atoms with Crippen LogP contribution in [0.3, 0.4) is 0 Å². The van der Waals surface area contributed by atoms with E-state index in [9.17, 15) is 9.18 Å². The Kier molecular flexibility index (Phi) is 4.07. The number of nitrogens with two attached hydrogens (primary N) is 1. The van der Waals surface area contributed by atoms with Gasteiger partial charge < -0.3 is 4.90 Å². The third kappa shape index (κ3) is 3.42. The van der Waals surface area contributed by atoms with Crippen molar-refractivity contribution >= 4 is 11.6 Å². The zero-order valence-corrected chi connectivity index (χ0v) is 10.3. The lowest BCUT2D eigenvalue weighted by Gasteiger charge is -2.29. The summed E-state index contributed by atoms with van der Waals surface area (Å²) in [6, 6.07) is 6.24. The normalized spacial score (nSPS) is 11.1. The predicted octanol–water partition coefficient (Wildman–Crippen LogP) is 1.28. The highest BCUT2D eigenvalue weighted by Gasteiger charge is 2.28. The van der Waals surface area contributed by atoms with E-state index in [0.717, 1.165) is 5.69 Å². The summed E-state index contributed by atoms with van der Waals surface area (Å²) in [4.78, 5) is 13.3. The van der Waals surface area contributed by atoms with E-state index >= 15 is 0 Å². The SMILES string of the molecule is CN(CC(C)(C)C(=O)NN)c1cccc(F)c1. The summed E-state index contributed by atoms with van der Waals surface area (Å²) in [5, 5.41) is 0. The highest BCUT2D eigenvalue weighted by Crippen LogP contribution is 2.21. The number of halogens is 1. The van der Waals surface area contributed by atoms with Gasteiger partial charge in [-0.15, -0.1) is 0 Å². The Morgan fingerprint density at radius 3 is 2.71 bits per heavy atom. The first kappa shape index (κ1) is 13.4. The summed E-state index contributed by atoms with van der Waals surface area (Å²) < 4.78 is 13.1. The minimum absolute atomic E-state index is 0.249. The molecular formula is C12H18FN3O. The quantitative estimate of drug-likeness (QED) is 0.473. The molecule has 0 spiro atoms. The van der Waals surface area contributed by atoms with Gasteiger partial charge in [0.15, 0.2) is 0 Å². The van der Waals surface area contributed by atoms with E-state index < -0.39 is 5.41 Å². The molecule has 1 aromatic rings. The Bertz CT molecular complexity index is 406. The van der Waals surface area contributed by atoms with Crippen LogP contribution in [0.2, 0.25) is 0 Å². The summed E-state index contributed by atoms with van der Waals surface area (Å²) >= 11 is 0. The van der Waals surface area contributed by atoms with Gasteiger partial charge in [-0.1, -0.05) is 6.07 Å². The minimum atomic E-state index is -0.643. The first-order valence-corrected chi connectivity index (χ1v) is 5.34. The molecule has 5 heteroatoms. The van der Waals surface area contributed by atoms with Gasteiger partial charge in [-0.2, -0.15) is 0 Å². The van der Waals surface area contributed by atoms with Crippen molar-refractivity contribution in [3.63, 3.8) is 0 Å². The Hall–Kier alpha value is -1.62. The van der Waals surface area contributed by atoms with Crippen LogP contribution in [0.15, 0.2) is 24.3 Å². The molecule has 0 saturated carbocycles. The second-order valence-corrected chi connectivity index (χ2v) is 4.69. The molecule has 1 amide bonds. The van der Waals surface area contributed by atoms with Crippen molar-refractivity contribution in [3.8, 4) is 0 Å². The summed E-state index contributed by atoms with van der Waals surface area (Å²) in [6.07, 6.45) is 0. The highest BCUT2D eigenvalue weighted by atomic mass is 19.1. The lowest BCUT2D eigenvalue weighted by molar-refractivity contribution is -0.128.